The van der Waals surface area contributed by atoms with E-state index in [1.165, 1.54) is 22.8 Å². The Kier molecular flexibility index (Phi) is 17.1. The SMILES string of the molecule is C=NCc1ccccc1.CCC(O)CCN/C(C)=C/N.CCc1nn(/C(C)=C/N(C)N)ccc1=O. The van der Waals surface area contributed by atoms with Gasteiger partial charge in [-0.05, 0) is 45.4 Å². The topological polar surface area (TPSA) is 135 Å². The van der Waals surface area contributed by atoms with E-state index in [2.05, 4.69) is 22.1 Å². The van der Waals surface area contributed by atoms with Gasteiger partial charge < -0.3 is 21.2 Å². The van der Waals surface area contributed by atoms with Gasteiger partial charge >= 0.3 is 0 Å². The first kappa shape index (κ1) is 31.6. The number of rotatable bonds is 10. The second kappa shape index (κ2) is 18.9. The molecule has 1 aromatic carbocycles. The number of benzene rings is 1. The van der Waals surface area contributed by atoms with Crippen LogP contribution in [0.4, 0.5) is 0 Å². The lowest BCUT2D eigenvalue weighted by atomic mass is 10.2. The lowest BCUT2D eigenvalue weighted by Crippen LogP contribution is -2.21. The minimum atomic E-state index is -0.187. The molecule has 0 aliphatic carbocycles. The summed E-state index contributed by atoms with van der Waals surface area (Å²) < 4.78 is 1.64. The zero-order valence-electron chi connectivity index (χ0n) is 21.8. The maximum absolute atomic E-state index is 11.3. The van der Waals surface area contributed by atoms with E-state index in [0.717, 1.165) is 37.3 Å². The number of allylic oxidation sites excluding steroid dienone is 2. The summed E-state index contributed by atoms with van der Waals surface area (Å²) >= 11 is 0. The first-order valence-corrected chi connectivity index (χ1v) is 11.7. The van der Waals surface area contributed by atoms with Crippen molar-refractivity contribution in [2.24, 2.45) is 16.6 Å². The fourth-order valence-corrected chi connectivity index (χ4v) is 2.65. The Bertz CT molecular complexity index is 954. The second-order valence-electron chi connectivity index (χ2n) is 7.86. The second-order valence-corrected chi connectivity index (χ2v) is 7.86. The fourth-order valence-electron chi connectivity index (χ4n) is 2.65. The summed E-state index contributed by atoms with van der Waals surface area (Å²) in [7, 11) is 1.73. The van der Waals surface area contributed by atoms with Crippen molar-refractivity contribution in [2.45, 2.75) is 59.6 Å². The fraction of sp³-hybridized carbons (Fsp3) is 0.423. The molecule has 0 saturated carbocycles. The van der Waals surface area contributed by atoms with Gasteiger partial charge in [-0.1, -0.05) is 44.2 Å². The highest BCUT2D eigenvalue weighted by molar-refractivity contribution is 5.39. The van der Waals surface area contributed by atoms with Crippen LogP contribution in [0.1, 0.15) is 51.8 Å². The third-order valence-electron chi connectivity index (χ3n) is 4.71. The zero-order chi connectivity index (χ0) is 26.6. The first-order chi connectivity index (χ1) is 16.7. The highest BCUT2D eigenvalue weighted by Crippen LogP contribution is 2.00. The molecule has 0 fully saturated rings. The number of hydrazine groups is 1. The van der Waals surface area contributed by atoms with Crippen molar-refractivity contribution < 1.29 is 5.11 Å². The van der Waals surface area contributed by atoms with E-state index >= 15 is 0 Å². The van der Waals surface area contributed by atoms with Crippen LogP contribution < -0.4 is 22.3 Å². The molecule has 1 heterocycles. The number of nitrogens with zero attached hydrogens (tertiary/aromatic N) is 4. The number of aliphatic hydroxyl groups is 1. The molecule has 35 heavy (non-hydrogen) atoms. The van der Waals surface area contributed by atoms with Gasteiger partial charge in [-0.3, -0.25) is 9.79 Å². The smallest absolute Gasteiger partial charge is 0.203 e. The highest BCUT2D eigenvalue weighted by Gasteiger charge is 2.01. The predicted octanol–water partition coefficient (Wildman–Crippen LogP) is 2.87. The van der Waals surface area contributed by atoms with E-state index in [0.29, 0.717) is 12.1 Å². The molecule has 0 saturated heterocycles. The number of hydrogen-bond donors (Lipinski definition) is 4. The van der Waals surface area contributed by atoms with Crippen molar-refractivity contribution in [2.75, 3.05) is 13.6 Å². The number of nitrogens with two attached hydrogens (primary N) is 2. The van der Waals surface area contributed by atoms with E-state index in [1.807, 2.05) is 58.0 Å². The van der Waals surface area contributed by atoms with Crippen LogP contribution in [0.2, 0.25) is 0 Å². The molecule has 0 amide bonds. The van der Waals surface area contributed by atoms with E-state index < -0.39 is 0 Å². The van der Waals surface area contributed by atoms with E-state index in [1.54, 1.807) is 24.1 Å². The van der Waals surface area contributed by atoms with Gasteiger partial charge in [0.25, 0.3) is 0 Å². The summed E-state index contributed by atoms with van der Waals surface area (Å²) in [6.45, 7) is 12.6. The Labute approximate surface area is 209 Å². The number of aliphatic hydroxyl groups excluding tert-OH is 1. The van der Waals surface area contributed by atoms with Crippen LogP contribution in [0, 0.1) is 0 Å². The molecule has 9 nitrogen and oxygen atoms in total. The third-order valence-corrected chi connectivity index (χ3v) is 4.71. The normalized spacial score (nSPS) is 11.9. The Morgan fingerprint density at radius 1 is 1.29 bits per heavy atom. The van der Waals surface area contributed by atoms with Gasteiger partial charge in [0.1, 0.15) is 5.69 Å². The van der Waals surface area contributed by atoms with Crippen molar-refractivity contribution in [3.05, 3.63) is 82.2 Å². The van der Waals surface area contributed by atoms with Crippen molar-refractivity contribution >= 4 is 12.4 Å². The Hall–Kier alpha value is -3.43. The molecule has 1 unspecified atom stereocenters. The lowest BCUT2D eigenvalue weighted by molar-refractivity contribution is 0.161. The summed E-state index contributed by atoms with van der Waals surface area (Å²) in [4.78, 5) is 15.1. The molecule has 9 heteroatoms. The molecule has 0 bridgehead atoms. The van der Waals surface area contributed by atoms with Gasteiger partial charge in [0, 0.05) is 44.0 Å². The molecule has 2 aromatic rings. The first-order valence-electron chi connectivity index (χ1n) is 11.7. The maximum atomic E-state index is 11.3. The van der Waals surface area contributed by atoms with Crippen LogP contribution in [0.15, 0.2) is 70.5 Å². The van der Waals surface area contributed by atoms with Crippen molar-refractivity contribution in [3.63, 3.8) is 0 Å². The average Bonchev–Trinajstić information content (AvgIpc) is 2.85. The molecule has 1 atom stereocenters. The molecule has 194 valence electrons. The summed E-state index contributed by atoms with van der Waals surface area (Å²) in [6, 6.07) is 11.6. The van der Waals surface area contributed by atoms with E-state index in [-0.39, 0.29) is 11.5 Å². The molecule has 0 aliphatic rings. The van der Waals surface area contributed by atoms with Gasteiger partial charge in [0.15, 0.2) is 0 Å². The Morgan fingerprint density at radius 3 is 2.46 bits per heavy atom. The Balaban J connectivity index is 0.000000514. The van der Waals surface area contributed by atoms with Crippen LogP contribution in [0.25, 0.3) is 5.70 Å². The predicted molar refractivity (Wildman–Crippen MR) is 146 cm³/mol. The summed E-state index contributed by atoms with van der Waals surface area (Å²) in [6.07, 6.45) is 6.93. The number of aromatic nitrogens is 2. The molecular weight excluding hydrogens is 442 g/mol. The largest absolute Gasteiger partial charge is 0.403 e. The number of aliphatic imine (C=N–C) groups is 1. The molecule has 0 radical (unpaired) electrons. The molecule has 2 rings (SSSR count). The van der Waals surface area contributed by atoms with Gasteiger partial charge in [-0.2, -0.15) is 5.10 Å². The van der Waals surface area contributed by atoms with Crippen LogP contribution in [-0.4, -0.2) is 46.3 Å². The quantitative estimate of drug-likeness (QED) is 0.231. The zero-order valence-corrected chi connectivity index (χ0v) is 21.8. The monoisotopic (exact) mass is 485 g/mol. The summed E-state index contributed by atoms with van der Waals surface area (Å²) in [5.41, 5.74) is 8.79. The van der Waals surface area contributed by atoms with Crippen molar-refractivity contribution in [1.29, 1.82) is 0 Å². The molecule has 0 spiro atoms. The summed E-state index contributed by atoms with van der Waals surface area (Å²) in [5, 5.41) is 17.9. The van der Waals surface area contributed by atoms with Crippen LogP contribution in [0.3, 0.4) is 0 Å². The maximum Gasteiger partial charge on any atom is 0.203 e. The average molecular weight is 486 g/mol. The number of aryl methyl sites for hydroxylation is 1. The minimum Gasteiger partial charge on any atom is -0.403 e. The van der Waals surface area contributed by atoms with Gasteiger partial charge in [0.2, 0.25) is 5.43 Å². The van der Waals surface area contributed by atoms with Gasteiger partial charge in [-0.25, -0.2) is 10.5 Å². The van der Waals surface area contributed by atoms with Crippen molar-refractivity contribution in [3.8, 4) is 0 Å². The summed E-state index contributed by atoms with van der Waals surface area (Å²) in [5.74, 6) is 5.49. The Morgan fingerprint density at radius 2 is 1.94 bits per heavy atom. The third kappa shape index (κ3) is 15.2. The number of nitrogens with one attached hydrogen (secondary N) is 1. The van der Waals surface area contributed by atoms with Crippen LogP contribution >= 0.6 is 0 Å². The van der Waals surface area contributed by atoms with Crippen LogP contribution in [-0.2, 0) is 13.0 Å². The minimum absolute atomic E-state index is 0.0253. The van der Waals surface area contributed by atoms with Gasteiger partial charge in [-0.15, -0.1) is 0 Å². The standard InChI is InChI=1S/C10H16N4O.C8H18N2O.C8H9N/c1-4-9-10(15)5-6-14(12-9)8(2)7-13(3)11;1-3-8(11)4-5-10-7(2)6-9;1-9-7-8-5-3-2-4-6-8/h5-7H,4,11H2,1-3H3;6,8,10-11H,3-5,9H2,1-2H3;2-6H,1,7H2/b8-7+;7-6+;. The highest BCUT2D eigenvalue weighted by atomic mass is 16.3. The molecule has 6 N–H and O–H groups in total. The molecular formula is C26H43N7O2. The lowest BCUT2D eigenvalue weighted by Gasteiger charge is -2.10. The molecule has 0 aliphatic heterocycles. The van der Waals surface area contributed by atoms with E-state index in [4.69, 9.17) is 16.7 Å². The van der Waals surface area contributed by atoms with Crippen molar-refractivity contribution in [1.82, 2.24) is 20.1 Å². The van der Waals surface area contributed by atoms with Crippen LogP contribution in [0.5, 0.6) is 0 Å². The number of hydrogen-bond acceptors (Lipinski definition) is 8. The van der Waals surface area contributed by atoms with E-state index in [9.17, 15) is 4.79 Å². The van der Waals surface area contributed by atoms with Gasteiger partial charge in [0.05, 0.1) is 18.3 Å². The molecule has 1 aromatic heterocycles.